The number of alkyl halides is 3. The summed E-state index contributed by atoms with van der Waals surface area (Å²) >= 11 is 0. The molecule has 4 saturated heterocycles. The molecule has 0 radical (unpaired) electrons. The van der Waals surface area contributed by atoms with Gasteiger partial charge in [-0.2, -0.15) is 18.4 Å². The zero-order valence-electron chi connectivity index (χ0n) is 14.5. The van der Waals surface area contributed by atoms with Crippen LogP contribution >= 0.6 is 0 Å². The zero-order valence-corrected chi connectivity index (χ0v) is 14.5. The fourth-order valence-electron chi connectivity index (χ4n) is 5.60. The lowest BCUT2D eigenvalue weighted by Crippen LogP contribution is -2.51. The lowest BCUT2D eigenvalue weighted by Gasteiger charge is -2.41. The molecule has 2 bridgehead atoms. The molecule has 0 unspecified atom stereocenters. The number of anilines is 1. The second kappa shape index (κ2) is 5.03. The standard InChI is InChI=1S/C19H17F3N2O3/c1-17-4-5-18(27-17)6-7-26-16-14(18)13(17)15(25)24(16)11-3-2-10(9-23)12(8-11)19(20,21)22/h2-3,8,13-14,16H,4-7H2,1H3/t13-,14+,16+,17-,18-/m1/s1. The van der Waals surface area contributed by atoms with Crippen LogP contribution in [-0.2, 0) is 20.4 Å². The molecule has 8 heteroatoms. The van der Waals surface area contributed by atoms with Crippen molar-refractivity contribution in [3.63, 3.8) is 0 Å². The van der Waals surface area contributed by atoms with Crippen LogP contribution in [0.3, 0.4) is 0 Å². The number of carbonyl (C=O) groups is 1. The Morgan fingerprint density at radius 3 is 2.78 bits per heavy atom. The number of halogens is 3. The first-order valence-electron chi connectivity index (χ1n) is 8.96. The molecule has 5 rings (SSSR count). The first-order chi connectivity index (χ1) is 12.7. The van der Waals surface area contributed by atoms with Crippen LogP contribution in [-0.4, -0.2) is 29.9 Å². The Kier molecular flexibility index (Phi) is 3.17. The van der Waals surface area contributed by atoms with Gasteiger partial charge in [0.05, 0.1) is 40.9 Å². The molecule has 1 aromatic rings. The SMILES string of the molecule is C[C@@]12CC[C@]3(CCO[C@H]4[C@@H]3[C@@H]1C(=O)N4c1ccc(C#N)c(C(F)(F)F)c1)O2. The van der Waals surface area contributed by atoms with Crippen molar-refractivity contribution < 1.29 is 27.4 Å². The van der Waals surface area contributed by atoms with Crippen molar-refractivity contribution in [2.75, 3.05) is 11.5 Å². The van der Waals surface area contributed by atoms with Crippen LogP contribution in [0.25, 0.3) is 0 Å². The number of benzene rings is 1. The Bertz CT molecular complexity index is 891. The normalized spacial score (nSPS) is 39.6. The van der Waals surface area contributed by atoms with E-state index in [0.717, 1.165) is 25.0 Å². The largest absolute Gasteiger partial charge is 0.417 e. The summed E-state index contributed by atoms with van der Waals surface area (Å²) in [5.41, 5.74) is -2.41. The Labute approximate surface area is 153 Å². The fourth-order valence-corrected chi connectivity index (χ4v) is 5.60. The Balaban J connectivity index is 1.62. The lowest BCUT2D eigenvalue weighted by atomic mass is 9.66. The van der Waals surface area contributed by atoms with Gasteiger partial charge < -0.3 is 9.47 Å². The van der Waals surface area contributed by atoms with E-state index in [1.54, 1.807) is 6.07 Å². The predicted molar refractivity (Wildman–Crippen MR) is 86.4 cm³/mol. The second-order valence-corrected chi connectivity index (χ2v) is 8.04. The third-order valence-electron chi connectivity index (χ3n) is 6.69. The molecule has 5 nitrogen and oxygen atoms in total. The van der Waals surface area contributed by atoms with Crippen LogP contribution in [0.15, 0.2) is 18.2 Å². The molecule has 0 N–H and O–H groups in total. The number of hydrogen-bond donors (Lipinski definition) is 0. The summed E-state index contributed by atoms with van der Waals surface area (Å²) in [5, 5.41) is 9.00. The number of fused-ring (bicyclic) bond motifs is 2. The van der Waals surface area contributed by atoms with Gasteiger partial charge in [-0.25, -0.2) is 0 Å². The van der Waals surface area contributed by atoms with Crippen molar-refractivity contribution in [3.05, 3.63) is 29.3 Å². The summed E-state index contributed by atoms with van der Waals surface area (Å²) < 4.78 is 52.3. The minimum Gasteiger partial charge on any atom is -0.367 e. The average molecular weight is 378 g/mol. The number of nitriles is 1. The maximum atomic E-state index is 13.4. The summed E-state index contributed by atoms with van der Waals surface area (Å²) in [6, 6.07) is 4.96. The van der Waals surface area contributed by atoms with Gasteiger partial charge in [0.15, 0.2) is 0 Å². The highest BCUT2D eigenvalue weighted by Crippen LogP contribution is 2.65. The van der Waals surface area contributed by atoms with Crippen molar-refractivity contribution in [2.24, 2.45) is 11.8 Å². The molecule has 4 fully saturated rings. The molecule has 4 heterocycles. The van der Waals surface area contributed by atoms with E-state index in [0.29, 0.717) is 13.0 Å². The lowest BCUT2D eigenvalue weighted by molar-refractivity contribution is -0.140. The molecule has 0 saturated carbocycles. The maximum absolute atomic E-state index is 13.4. The van der Waals surface area contributed by atoms with Crippen LogP contribution in [0, 0.1) is 23.2 Å². The van der Waals surface area contributed by atoms with E-state index in [1.807, 2.05) is 6.92 Å². The quantitative estimate of drug-likeness (QED) is 0.753. The Hall–Kier alpha value is -2.11. The third-order valence-corrected chi connectivity index (χ3v) is 6.69. The molecular weight excluding hydrogens is 361 g/mol. The summed E-state index contributed by atoms with van der Waals surface area (Å²) in [5.74, 6) is -0.849. The molecule has 4 aliphatic rings. The highest BCUT2D eigenvalue weighted by molar-refractivity contribution is 6.00. The van der Waals surface area contributed by atoms with Gasteiger partial charge in [-0.3, -0.25) is 9.69 Å². The topological polar surface area (TPSA) is 62.6 Å². The van der Waals surface area contributed by atoms with Gasteiger partial charge in [-0.1, -0.05) is 0 Å². The minimum atomic E-state index is -4.68. The second-order valence-electron chi connectivity index (χ2n) is 8.04. The molecule has 5 atom stereocenters. The molecule has 142 valence electrons. The molecular formula is C19H17F3N2O3. The summed E-state index contributed by atoms with van der Waals surface area (Å²) in [6.07, 6.45) is -3.01. The zero-order chi connectivity index (χ0) is 19.2. The Morgan fingerprint density at radius 2 is 2.07 bits per heavy atom. The van der Waals surface area contributed by atoms with Gasteiger partial charge in [0.2, 0.25) is 5.91 Å². The first kappa shape index (κ1) is 17.0. The number of carbonyl (C=O) groups excluding carboxylic acids is 1. The number of hydrogen-bond acceptors (Lipinski definition) is 4. The average Bonchev–Trinajstić information content (AvgIpc) is 3.20. The van der Waals surface area contributed by atoms with E-state index in [-0.39, 0.29) is 17.5 Å². The number of nitrogens with zero attached hydrogens (tertiary/aromatic N) is 2. The van der Waals surface area contributed by atoms with Gasteiger partial charge in [0.25, 0.3) is 0 Å². The number of amides is 1. The third kappa shape index (κ3) is 2.04. The van der Waals surface area contributed by atoms with Crippen LogP contribution in [0.5, 0.6) is 0 Å². The fraction of sp³-hybridized carbons (Fsp3) is 0.579. The smallest absolute Gasteiger partial charge is 0.367 e. The van der Waals surface area contributed by atoms with E-state index < -0.39 is 40.7 Å². The van der Waals surface area contributed by atoms with Crippen molar-refractivity contribution in [3.8, 4) is 6.07 Å². The molecule has 4 aliphatic heterocycles. The van der Waals surface area contributed by atoms with Crippen LogP contribution in [0.1, 0.15) is 37.3 Å². The van der Waals surface area contributed by atoms with Crippen LogP contribution < -0.4 is 4.90 Å². The van der Waals surface area contributed by atoms with E-state index in [4.69, 9.17) is 14.7 Å². The molecule has 0 aromatic heterocycles. The first-order valence-corrected chi connectivity index (χ1v) is 8.96. The van der Waals surface area contributed by atoms with Gasteiger partial charge in [0.1, 0.15) is 6.23 Å². The van der Waals surface area contributed by atoms with Crippen LogP contribution in [0.2, 0.25) is 0 Å². The molecule has 1 amide bonds. The van der Waals surface area contributed by atoms with E-state index in [1.165, 1.54) is 11.0 Å². The molecule has 0 aliphatic carbocycles. The van der Waals surface area contributed by atoms with E-state index >= 15 is 0 Å². The predicted octanol–water partition coefficient (Wildman–Crippen LogP) is 3.22. The van der Waals surface area contributed by atoms with Gasteiger partial charge in [-0.05, 0) is 38.0 Å². The highest BCUT2D eigenvalue weighted by Gasteiger charge is 2.75. The summed E-state index contributed by atoms with van der Waals surface area (Å²) in [6.45, 7) is 2.32. The van der Waals surface area contributed by atoms with Crippen molar-refractivity contribution in [2.45, 2.75) is 49.8 Å². The highest BCUT2D eigenvalue weighted by atomic mass is 19.4. The molecule has 1 aromatic carbocycles. The van der Waals surface area contributed by atoms with E-state index in [2.05, 4.69) is 0 Å². The maximum Gasteiger partial charge on any atom is 0.417 e. The van der Waals surface area contributed by atoms with Crippen molar-refractivity contribution in [1.29, 1.82) is 5.26 Å². The molecule has 27 heavy (non-hydrogen) atoms. The number of rotatable bonds is 1. The summed E-state index contributed by atoms with van der Waals surface area (Å²) in [4.78, 5) is 14.6. The Morgan fingerprint density at radius 1 is 1.30 bits per heavy atom. The summed E-state index contributed by atoms with van der Waals surface area (Å²) in [7, 11) is 0. The molecule has 1 spiro atoms. The van der Waals surface area contributed by atoms with Crippen molar-refractivity contribution >= 4 is 11.6 Å². The monoisotopic (exact) mass is 378 g/mol. The van der Waals surface area contributed by atoms with Gasteiger partial charge in [0, 0.05) is 18.0 Å². The van der Waals surface area contributed by atoms with Gasteiger partial charge in [-0.15, -0.1) is 0 Å². The van der Waals surface area contributed by atoms with Gasteiger partial charge >= 0.3 is 6.18 Å². The minimum absolute atomic E-state index is 0.116. The van der Waals surface area contributed by atoms with Crippen LogP contribution in [0.4, 0.5) is 18.9 Å². The van der Waals surface area contributed by atoms with Crippen molar-refractivity contribution in [1.82, 2.24) is 0 Å². The van der Waals surface area contributed by atoms with E-state index in [9.17, 15) is 18.0 Å². The number of ether oxygens (including phenoxy) is 2.